The maximum absolute atomic E-state index is 12.8. The number of aromatic nitrogens is 2. The first-order chi connectivity index (χ1) is 13.0. The standard InChI is InChI=1S/C21H24N4O2/c1-13-5-6-20(24-10-13)16-7-17(9-19(8-16)27-4)21(26)25-14(2)18-11-22-15(3)23-12-18/h5-12,14,20,24H,1-4H3,(H,25,26)/t14-,20+/m1/s1. The van der Waals surface area contributed by atoms with Crippen molar-refractivity contribution in [1.29, 1.82) is 0 Å². The van der Waals surface area contributed by atoms with Crippen molar-refractivity contribution >= 4 is 5.91 Å². The fraction of sp³-hybridized carbons (Fsp3) is 0.286. The van der Waals surface area contributed by atoms with Gasteiger partial charge in [-0.2, -0.15) is 0 Å². The van der Waals surface area contributed by atoms with E-state index in [1.807, 2.05) is 39.1 Å². The average Bonchev–Trinajstić information content (AvgIpc) is 2.68. The molecule has 0 spiro atoms. The van der Waals surface area contributed by atoms with Gasteiger partial charge < -0.3 is 15.4 Å². The van der Waals surface area contributed by atoms with Crippen molar-refractivity contribution in [3.05, 3.63) is 77.0 Å². The molecule has 1 aliphatic heterocycles. The Hall–Kier alpha value is -3.15. The summed E-state index contributed by atoms with van der Waals surface area (Å²) in [6.45, 7) is 5.77. The van der Waals surface area contributed by atoms with Gasteiger partial charge in [0.25, 0.3) is 5.91 Å². The zero-order valence-corrected chi connectivity index (χ0v) is 16.0. The minimum absolute atomic E-state index is 0.00160. The van der Waals surface area contributed by atoms with Gasteiger partial charge in [0.05, 0.1) is 19.2 Å². The molecular formula is C21H24N4O2. The van der Waals surface area contributed by atoms with Gasteiger partial charge in [-0.15, -0.1) is 0 Å². The van der Waals surface area contributed by atoms with E-state index < -0.39 is 0 Å². The number of hydrogen-bond acceptors (Lipinski definition) is 5. The summed E-state index contributed by atoms with van der Waals surface area (Å²) in [6, 6.07) is 5.35. The quantitative estimate of drug-likeness (QED) is 0.850. The van der Waals surface area contributed by atoms with Gasteiger partial charge in [0.15, 0.2) is 0 Å². The highest BCUT2D eigenvalue weighted by atomic mass is 16.5. The monoisotopic (exact) mass is 364 g/mol. The third kappa shape index (κ3) is 4.53. The second kappa shape index (κ2) is 8.03. The van der Waals surface area contributed by atoms with Crippen LogP contribution in [0.5, 0.6) is 5.75 Å². The second-order valence-electron chi connectivity index (χ2n) is 6.65. The van der Waals surface area contributed by atoms with E-state index in [2.05, 4.69) is 32.8 Å². The Labute approximate surface area is 159 Å². The fourth-order valence-corrected chi connectivity index (χ4v) is 2.82. The van der Waals surface area contributed by atoms with Gasteiger partial charge in [-0.25, -0.2) is 9.97 Å². The number of methoxy groups -OCH3 is 1. The lowest BCUT2D eigenvalue weighted by atomic mass is 10.00. The zero-order chi connectivity index (χ0) is 19.4. The number of aryl methyl sites for hydroxylation is 1. The number of ether oxygens (including phenoxy) is 1. The van der Waals surface area contributed by atoms with Crippen LogP contribution in [0.3, 0.4) is 0 Å². The highest BCUT2D eigenvalue weighted by molar-refractivity contribution is 5.95. The predicted octanol–water partition coefficient (Wildman–Crippen LogP) is 3.39. The molecule has 0 fully saturated rings. The lowest BCUT2D eigenvalue weighted by molar-refractivity contribution is 0.0939. The predicted molar refractivity (Wildman–Crippen MR) is 104 cm³/mol. The third-order valence-corrected chi connectivity index (χ3v) is 4.48. The smallest absolute Gasteiger partial charge is 0.251 e. The van der Waals surface area contributed by atoms with E-state index in [4.69, 9.17) is 4.74 Å². The van der Waals surface area contributed by atoms with E-state index in [0.717, 1.165) is 16.7 Å². The molecule has 0 saturated carbocycles. The average molecular weight is 364 g/mol. The summed E-state index contributed by atoms with van der Waals surface area (Å²) in [5.74, 6) is 1.17. The summed E-state index contributed by atoms with van der Waals surface area (Å²) >= 11 is 0. The molecule has 2 atom stereocenters. The molecule has 1 aliphatic rings. The maximum atomic E-state index is 12.8. The Kier molecular flexibility index (Phi) is 5.54. The van der Waals surface area contributed by atoms with Crippen LogP contribution in [0.1, 0.15) is 53.2 Å². The molecule has 27 heavy (non-hydrogen) atoms. The summed E-state index contributed by atoms with van der Waals surface area (Å²) < 4.78 is 5.39. The van der Waals surface area contributed by atoms with E-state index in [9.17, 15) is 4.79 Å². The van der Waals surface area contributed by atoms with Crippen LogP contribution in [0.25, 0.3) is 0 Å². The van der Waals surface area contributed by atoms with Crippen molar-refractivity contribution < 1.29 is 9.53 Å². The van der Waals surface area contributed by atoms with Gasteiger partial charge in [0, 0.05) is 29.7 Å². The molecule has 0 unspecified atom stereocenters. The summed E-state index contributed by atoms with van der Waals surface area (Å²) in [7, 11) is 1.60. The molecule has 2 N–H and O–H groups in total. The normalized spacial score (nSPS) is 16.9. The maximum Gasteiger partial charge on any atom is 0.251 e. The van der Waals surface area contributed by atoms with Crippen molar-refractivity contribution in [2.75, 3.05) is 7.11 Å². The van der Waals surface area contributed by atoms with Crippen molar-refractivity contribution in [1.82, 2.24) is 20.6 Å². The molecule has 3 rings (SSSR count). The number of rotatable bonds is 5. The molecule has 2 aromatic rings. The molecule has 6 nitrogen and oxygen atoms in total. The van der Waals surface area contributed by atoms with Gasteiger partial charge in [-0.05, 0) is 50.1 Å². The van der Waals surface area contributed by atoms with Crippen LogP contribution in [-0.2, 0) is 0 Å². The molecule has 0 saturated heterocycles. The molecule has 1 aromatic carbocycles. The van der Waals surface area contributed by atoms with Crippen molar-refractivity contribution in [2.45, 2.75) is 32.9 Å². The molecule has 0 bridgehead atoms. The van der Waals surface area contributed by atoms with Crippen LogP contribution < -0.4 is 15.4 Å². The fourth-order valence-electron chi connectivity index (χ4n) is 2.82. The number of hydrogen-bond donors (Lipinski definition) is 2. The Morgan fingerprint density at radius 2 is 1.96 bits per heavy atom. The van der Waals surface area contributed by atoms with Crippen molar-refractivity contribution in [3.8, 4) is 5.75 Å². The molecule has 6 heteroatoms. The Balaban J connectivity index is 1.80. The van der Waals surface area contributed by atoms with Gasteiger partial charge in [0.2, 0.25) is 0 Å². The first-order valence-electron chi connectivity index (χ1n) is 8.85. The summed E-state index contributed by atoms with van der Waals surface area (Å²) in [5.41, 5.74) is 3.52. The number of amides is 1. The number of allylic oxidation sites excluding steroid dienone is 2. The van der Waals surface area contributed by atoms with Crippen LogP contribution >= 0.6 is 0 Å². The van der Waals surface area contributed by atoms with Gasteiger partial charge >= 0.3 is 0 Å². The minimum Gasteiger partial charge on any atom is -0.497 e. The topological polar surface area (TPSA) is 76.1 Å². The molecular weight excluding hydrogens is 340 g/mol. The molecule has 2 heterocycles. The third-order valence-electron chi connectivity index (χ3n) is 4.48. The van der Waals surface area contributed by atoms with Gasteiger partial charge in [-0.1, -0.05) is 12.2 Å². The molecule has 0 aliphatic carbocycles. The van der Waals surface area contributed by atoms with Crippen molar-refractivity contribution in [3.63, 3.8) is 0 Å². The molecule has 1 amide bonds. The van der Waals surface area contributed by atoms with Crippen LogP contribution in [-0.4, -0.2) is 23.0 Å². The van der Waals surface area contributed by atoms with Crippen LogP contribution in [0.4, 0.5) is 0 Å². The number of benzene rings is 1. The lowest BCUT2D eigenvalue weighted by Gasteiger charge is -2.20. The van der Waals surface area contributed by atoms with E-state index in [1.54, 1.807) is 25.6 Å². The first kappa shape index (κ1) is 18.6. The second-order valence-corrected chi connectivity index (χ2v) is 6.65. The molecule has 1 aromatic heterocycles. The SMILES string of the molecule is COc1cc(C(=O)N[C@H](C)c2cnc(C)nc2)cc([C@@H]2C=CC(C)=CN2)c1. The number of carbonyl (C=O) groups is 1. The Bertz CT molecular complexity index is 888. The minimum atomic E-state index is -0.203. The number of nitrogens with zero attached hydrogens (tertiary/aromatic N) is 2. The van der Waals surface area contributed by atoms with E-state index in [0.29, 0.717) is 17.1 Å². The first-order valence-corrected chi connectivity index (χ1v) is 8.85. The van der Waals surface area contributed by atoms with E-state index >= 15 is 0 Å². The highest BCUT2D eigenvalue weighted by Crippen LogP contribution is 2.25. The molecule has 140 valence electrons. The van der Waals surface area contributed by atoms with Crippen molar-refractivity contribution in [2.24, 2.45) is 0 Å². The number of carbonyl (C=O) groups excluding carboxylic acids is 1. The summed E-state index contributed by atoms with van der Waals surface area (Å²) in [5, 5.41) is 6.32. The Morgan fingerprint density at radius 1 is 1.22 bits per heavy atom. The lowest BCUT2D eigenvalue weighted by Crippen LogP contribution is -2.27. The van der Waals surface area contributed by atoms with Gasteiger partial charge in [-0.3, -0.25) is 4.79 Å². The van der Waals surface area contributed by atoms with Gasteiger partial charge in [0.1, 0.15) is 11.6 Å². The van der Waals surface area contributed by atoms with E-state index in [-0.39, 0.29) is 18.0 Å². The summed E-state index contributed by atoms with van der Waals surface area (Å²) in [6.07, 6.45) is 9.55. The van der Waals surface area contributed by atoms with Crippen LogP contribution in [0.2, 0.25) is 0 Å². The number of dihydropyridines is 1. The van der Waals surface area contributed by atoms with Crippen LogP contribution in [0.15, 0.2) is 54.5 Å². The Morgan fingerprint density at radius 3 is 2.59 bits per heavy atom. The highest BCUT2D eigenvalue weighted by Gasteiger charge is 2.17. The molecule has 0 radical (unpaired) electrons. The number of nitrogens with one attached hydrogen (secondary N) is 2. The van der Waals surface area contributed by atoms with E-state index in [1.165, 1.54) is 0 Å². The summed E-state index contributed by atoms with van der Waals surface area (Å²) in [4.78, 5) is 21.2. The largest absolute Gasteiger partial charge is 0.497 e. The zero-order valence-electron chi connectivity index (χ0n) is 16.0. The van der Waals surface area contributed by atoms with Crippen LogP contribution in [0, 0.1) is 6.92 Å².